The van der Waals surface area contributed by atoms with Gasteiger partial charge < -0.3 is 13.8 Å². The van der Waals surface area contributed by atoms with E-state index in [0.29, 0.717) is 24.0 Å². The van der Waals surface area contributed by atoms with Gasteiger partial charge in [-0.1, -0.05) is 5.16 Å². The number of nitrogens with zero attached hydrogens (tertiary/aromatic N) is 5. The zero-order chi connectivity index (χ0) is 16.4. The van der Waals surface area contributed by atoms with E-state index in [1.807, 2.05) is 12.4 Å². The minimum absolute atomic E-state index is 0.180. The number of benzene rings is 1. The van der Waals surface area contributed by atoms with E-state index in [2.05, 4.69) is 24.6 Å². The number of ether oxygens (including phenoxy) is 1. The molecule has 4 rings (SSSR count). The van der Waals surface area contributed by atoms with Gasteiger partial charge in [0.1, 0.15) is 17.4 Å². The van der Waals surface area contributed by atoms with E-state index in [4.69, 9.17) is 9.26 Å². The summed E-state index contributed by atoms with van der Waals surface area (Å²) in [6, 6.07) is 5.81. The van der Waals surface area contributed by atoms with Crippen LogP contribution >= 0.6 is 0 Å². The van der Waals surface area contributed by atoms with Crippen molar-refractivity contribution in [3.05, 3.63) is 60.0 Å². The summed E-state index contributed by atoms with van der Waals surface area (Å²) in [5.41, 5.74) is 0. The summed E-state index contributed by atoms with van der Waals surface area (Å²) in [5, 5.41) is 3.92. The molecule has 3 heterocycles. The molecule has 0 N–H and O–H groups in total. The van der Waals surface area contributed by atoms with Gasteiger partial charge in [0, 0.05) is 25.5 Å². The minimum atomic E-state index is -0.300. The number of rotatable bonds is 5. The molecule has 0 radical (unpaired) electrons. The molecule has 3 aromatic rings. The van der Waals surface area contributed by atoms with Crippen molar-refractivity contribution in [1.82, 2.24) is 24.6 Å². The highest BCUT2D eigenvalue weighted by molar-refractivity contribution is 5.22. The van der Waals surface area contributed by atoms with Crippen molar-refractivity contribution in [1.29, 1.82) is 0 Å². The number of fused-ring (bicyclic) bond motifs is 1. The van der Waals surface area contributed by atoms with Gasteiger partial charge in [-0.15, -0.1) is 0 Å². The van der Waals surface area contributed by atoms with Crippen molar-refractivity contribution < 1.29 is 13.7 Å². The van der Waals surface area contributed by atoms with Crippen molar-refractivity contribution in [3.8, 4) is 5.75 Å². The predicted octanol–water partition coefficient (Wildman–Crippen LogP) is 2.00. The third-order valence-corrected chi connectivity index (χ3v) is 3.87. The second kappa shape index (κ2) is 6.40. The predicted molar refractivity (Wildman–Crippen MR) is 81.4 cm³/mol. The molecular formula is C16H16FN5O2. The standard InChI is InChI=1S/C16H16FN5O2/c17-12-1-3-13(4-2-12)23-11-14-19-16(24-20-14)10-21-7-8-22-6-5-18-15(22)9-21/h1-6H,7-11H2. The van der Waals surface area contributed by atoms with Gasteiger partial charge in [0.25, 0.3) is 0 Å². The van der Waals surface area contributed by atoms with Crippen LogP contribution in [-0.2, 0) is 26.2 Å². The van der Waals surface area contributed by atoms with Crippen molar-refractivity contribution in [2.75, 3.05) is 6.54 Å². The average Bonchev–Trinajstić information content (AvgIpc) is 3.23. The van der Waals surface area contributed by atoms with E-state index >= 15 is 0 Å². The number of hydrogen-bond acceptors (Lipinski definition) is 6. The number of halogens is 1. The Labute approximate surface area is 137 Å². The molecule has 124 valence electrons. The molecule has 0 aliphatic carbocycles. The maximum Gasteiger partial charge on any atom is 0.240 e. The molecule has 0 unspecified atom stereocenters. The molecule has 1 aliphatic heterocycles. The lowest BCUT2D eigenvalue weighted by molar-refractivity contribution is 0.182. The summed E-state index contributed by atoms with van der Waals surface area (Å²) in [6.07, 6.45) is 3.81. The van der Waals surface area contributed by atoms with Gasteiger partial charge in [0.05, 0.1) is 13.1 Å². The van der Waals surface area contributed by atoms with E-state index in [9.17, 15) is 4.39 Å². The SMILES string of the molecule is Fc1ccc(OCc2noc(CN3CCn4ccnc4C3)n2)cc1. The highest BCUT2D eigenvalue weighted by Crippen LogP contribution is 2.15. The molecule has 0 bridgehead atoms. The Bertz CT molecular complexity index is 814. The van der Waals surface area contributed by atoms with Crippen LogP contribution in [0.4, 0.5) is 4.39 Å². The maximum absolute atomic E-state index is 12.8. The van der Waals surface area contributed by atoms with Gasteiger partial charge in [-0.2, -0.15) is 4.98 Å². The van der Waals surface area contributed by atoms with Gasteiger partial charge in [-0.3, -0.25) is 4.90 Å². The van der Waals surface area contributed by atoms with E-state index in [1.54, 1.807) is 12.1 Å². The van der Waals surface area contributed by atoms with Crippen LogP contribution in [0, 0.1) is 5.82 Å². The van der Waals surface area contributed by atoms with E-state index < -0.39 is 0 Å². The quantitative estimate of drug-likeness (QED) is 0.713. The summed E-state index contributed by atoms with van der Waals surface area (Å²) in [5.74, 6) is 2.32. The van der Waals surface area contributed by atoms with Crippen LogP contribution in [-0.4, -0.2) is 31.1 Å². The van der Waals surface area contributed by atoms with E-state index in [1.165, 1.54) is 12.1 Å². The largest absolute Gasteiger partial charge is 0.485 e. The lowest BCUT2D eigenvalue weighted by atomic mass is 10.3. The fraction of sp³-hybridized carbons (Fsp3) is 0.312. The molecule has 24 heavy (non-hydrogen) atoms. The smallest absolute Gasteiger partial charge is 0.240 e. The van der Waals surface area contributed by atoms with Gasteiger partial charge >= 0.3 is 0 Å². The zero-order valence-corrected chi connectivity index (χ0v) is 12.9. The van der Waals surface area contributed by atoms with Crippen LogP contribution in [0.15, 0.2) is 41.2 Å². The first-order chi connectivity index (χ1) is 11.8. The monoisotopic (exact) mass is 329 g/mol. The fourth-order valence-corrected chi connectivity index (χ4v) is 2.64. The van der Waals surface area contributed by atoms with Gasteiger partial charge in [0.15, 0.2) is 6.61 Å². The molecule has 1 aromatic carbocycles. The average molecular weight is 329 g/mol. The van der Waals surface area contributed by atoms with Gasteiger partial charge in [0.2, 0.25) is 11.7 Å². The molecule has 0 spiro atoms. The molecular weight excluding hydrogens is 313 g/mol. The van der Waals surface area contributed by atoms with Crippen LogP contribution in [0.1, 0.15) is 17.5 Å². The molecule has 0 fully saturated rings. The van der Waals surface area contributed by atoms with Crippen LogP contribution in [0.5, 0.6) is 5.75 Å². The molecule has 0 amide bonds. The van der Waals surface area contributed by atoms with Gasteiger partial charge in [-0.25, -0.2) is 9.37 Å². The topological polar surface area (TPSA) is 69.2 Å². The molecule has 2 aromatic heterocycles. The van der Waals surface area contributed by atoms with Crippen LogP contribution in [0.25, 0.3) is 0 Å². The highest BCUT2D eigenvalue weighted by atomic mass is 19.1. The minimum Gasteiger partial charge on any atom is -0.485 e. The van der Waals surface area contributed by atoms with Crippen LogP contribution in [0.3, 0.4) is 0 Å². The van der Waals surface area contributed by atoms with Crippen molar-refractivity contribution >= 4 is 0 Å². The Morgan fingerprint density at radius 1 is 1.21 bits per heavy atom. The summed E-state index contributed by atoms with van der Waals surface area (Å²) in [4.78, 5) is 10.9. The first-order valence-electron chi connectivity index (χ1n) is 7.68. The molecule has 7 nitrogen and oxygen atoms in total. The summed E-state index contributed by atoms with van der Waals surface area (Å²) < 4.78 is 25.8. The fourth-order valence-electron chi connectivity index (χ4n) is 2.64. The molecule has 1 aliphatic rings. The third kappa shape index (κ3) is 3.28. The van der Waals surface area contributed by atoms with Crippen LogP contribution in [0.2, 0.25) is 0 Å². The molecule has 0 atom stereocenters. The first kappa shape index (κ1) is 14.8. The van der Waals surface area contributed by atoms with E-state index in [-0.39, 0.29) is 12.4 Å². The van der Waals surface area contributed by atoms with Crippen LogP contribution < -0.4 is 4.74 Å². The lowest BCUT2D eigenvalue weighted by Gasteiger charge is -2.25. The normalized spacial score (nSPS) is 14.5. The molecule has 0 saturated carbocycles. The Morgan fingerprint density at radius 3 is 2.96 bits per heavy atom. The second-order valence-corrected chi connectivity index (χ2v) is 5.59. The van der Waals surface area contributed by atoms with E-state index in [0.717, 1.165) is 25.5 Å². The van der Waals surface area contributed by atoms with Crippen molar-refractivity contribution in [3.63, 3.8) is 0 Å². The first-order valence-corrected chi connectivity index (χ1v) is 7.68. The summed E-state index contributed by atoms with van der Waals surface area (Å²) in [6.45, 7) is 3.34. The Hall–Kier alpha value is -2.74. The third-order valence-electron chi connectivity index (χ3n) is 3.87. The number of aromatic nitrogens is 4. The number of imidazole rings is 1. The Morgan fingerprint density at radius 2 is 2.08 bits per heavy atom. The molecule has 8 heteroatoms. The highest BCUT2D eigenvalue weighted by Gasteiger charge is 2.19. The second-order valence-electron chi connectivity index (χ2n) is 5.59. The van der Waals surface area contributed by atoms with Gasteiger partial charge in [-0.05, 0) is 24.3 Å². The maximum atomic E-state index is 12.8. The lowest BCUT2D eigenvalue weighted by Crippen LogP contribution is -2.33. The summed E-state index contributed by atoms with van der Waals surface area (Å²) in [7, 11) is 0. The Kier molecular flexibility index (Phi) is 3.96. The summed E-state index contributed by atoms with van der Waals surface area (Å²) >= 11 is 0. The Balaban J connectivity index is 1.33. The number of hydrogen-bond donors (Lipinski definition) is 0. The zero-order valence-electron chi connectivity index (χ0n) is 12.9. The van der Waals surface area contributed by atoms with Crippen molar-refractivity contribution in [2.45, 2.75) is 26.2 Å². The molecule has 0 saturated heterocycles. The van der Waals surface area contributed by atoms with Crippen molar-refractivity contribution in [2.24, 2.45) is 0 Å².